The van der Waals surface area contributed by atoms with E-state index in [-0.39, 0.29) is 5.91 Å². The van der Waals surface area contributed by atoms with Crippen molar-refractivity contribution in [3.05, 3.63) is 71.6 Å². The van der Waals surface area contributed by atoms with Gasteiger partial charge in [0.1, 0.15) is 5.52 Å². The highest BCUT2D eigenvalue weighted by molar-refractivity contribution is 5.93. The number of carboxylic acids is 2. The zero-order valence-electron chi connectivity index (χ0n) is 20.3. The van der Waals surface area contributed by atoms with Gasteiger partial charge in [-0.2, -0.15) is 0 Å². The zero-order chi connectivity index (χ0) is 26.1. The number of aromatic nitrogens is 1. The van der Waals surface area contributed by atoms with Gasteiger partial charge in [-0.15, -0.1) is 0 Å². The molecule has 0 aliphatic carbocycles. The maximum atomic E-state index is 12.5. The topological polar surface area (TPSA) is 136 Å². The highest BCUT2D eigenvalue weighted by Gasteiger charge is 2.21. The number of hydrogen-bond donors (Lipinski definition) is 3. The second kappa shape index (κ2) is 12.6. The van der Waals surface area contributed by atoms with Gasteiger partial charge in [-0.25, -0.2) is 14.6 Å². The third-order valence-corrected chi connectivity index (χ3v) is 5.64. The number of nitrogens with zero attached hydrogens (tertiary/aromatic N) is 3. The van der Waals surface area contributed by atoms with Crippen molar-refractivity contribution in [1.29, 1.82) is 0 Å². The molecule has 0 atom stereocenters. The van der Waals surface area contributed by atoms with E-state index in [9.17, 15) is 14.4 Å². The van der Waals surface area contributed by atoms with Gasteiger partial charge in [-0.05, 0) is 37.1 Å². The number of piperazine rings is 1. The Balaban J connectivity index is 0.000000392. The minimum atomic E-state index is -1.26. The minimum Gasteiger partial charge on any atom is -0.478 e. The summed E-state index contributed by atoms with van der Waals surface area (Å²) in [5.74, 6) is -1.72. The molecule has 1 aliphatic rings. The fourth-order valence-corrected chi connectivity index (χ4v) is 3.82. The first kappa shape index (κ1) is 26.6. The van der Waals surface area contributed by atoms with Crippen LogP contribution in [0.5, 0.6) is 0 Å². The molecule has 190 valence electrons. The monoisotopic (exact) mass is 494 g/mol. The lowest BCUT2D eigenvalue weighted by Crippen LogP contribution is -2.48. The molecule has 4 rings (SSSR count). The normalized spacial score (nSPS) is 14.4. The fourth-order valence-electron chi connectivity index (χ4n) is 3.82. The molecule has 2 aromatic carbocycles. The van der Waals surface area contributed by atoms with Gasteiger partial charge in [-0.1, -0.05) is 30.3 Å². The number of carbonyl (C=O) groups is 3. The number of nitrogens with one attached hydrogen (secondary N) is 1. The lowest BCUT2D eigenvalue weighted by Gasteiger charge is -2.33. The Morgan fingerprint density at radius 3 is 2.08 bits per heavy atom. The first-order valence-electron chi connectivity index (χ1n) is 11.5. The van der Waals surface area contributed by atoms with E-state index in [4.69, 9.17) is 14.6 Å². The second-order valence-corrected chi connectivity index (χ2v) is 8.45. The number of carboxylic acid groups (broad SMARTS) is 2. The molecule has 0 unspecified atom stereocenters. The number of hydrogen-bond acceptors (Lipinski definition) is 7. The average Bonchev–Trinajstić information content (AvgIpc) is 3.24. The predicted octanol–water partition coefficient (Wildman–Crippen LogP) is 2.91. The Kier molecular flexibility index (Phi) is 9.32. The maximum absolute atomic E-state index is 12.5. The molecular formula is C26H30N4O6. The van der Waals surface area contributed by atoms with E-state index in [1.165, 1.54) is 0 Å². The van der Waals surface area contributed by atoms with Crippen LogP contribution < -0.4 is 5.32 Å². The number of para-hydroxylation sites is 3. The largest absolute Gasteiger partial charge is 0.478 e. The molecule has 36 heavy (non-hydrogen) atoms. The number of oxazole rings is 1. The van der Waals surface area contributed by atoms with Gasteiger partial charge in [0.15, 0.2) is 5.58 Å². The number of aryl methyl sites for hydroxylation is 2. The summed E-state index contributed by atoms with van der Waals surface area (Å²) in [5, 5.41) is 18.7. The first-order chi connectivity index (χ1) is 17.2. The summed E-state index contributed by atoms with van der Waals surface area (Å²) < 4.78 is 5.82. The average molecular weight is 495 g/mol. The molecule has 1 aromatic heterocycles. The van der Waals surface area contributed by atoms with Crippen LogP contribution in [0.15, 0.2) is 59.0 Å². The van der Waals surface area contributed by atoms with Crippen LogP contribution in [0, 0.1) is 13.8 Å². The number of fused-ring (bicyclic) bond motifs is 1. The van der Waals surface area contributed by atoms with Crippen LogP contribution >= 0.6 is 0 Å². The van der Waals surface area contributed by atoms with Crippen molar-refractivity contribution in [2.75, 3.05) is 38.0 Å². The standard InChI is InChI=1S/C22H26N4O2.C4H4O4/c1-16-6-5-7-17(2)22(16)24-20(27)14-25-10-12-26(13-11-25)15-21-23-18-8-3-4-9-19(18)28-21;5-3(6)1-2-4(7)8/h3-9H,10-15H2,1-2H3,(H,24,27);1-2H,(H,5,6)(H,7,8). The number of anilines is 1. The quantitative estimate of drug-likeness (QED) is 0.424. The molecule has 1 amide bonds. The van der Waals surface area contributed by atoms with E-state index >= 15 is 0 Å². The molecule has 1 saturated heterocycles. The van der Waals surface area contributed by atoms with Crippen LogP contribution in [-0.2, 0) is 20.9 Å². The van der Waals surface area contributed by atoms with Crippen molar-refractivity contribution < 1.29 is 29.0 Å². The van der Waals surface area contributed by atoms with Crippen molar-refractivity contribution in [3.63, 3.8) is 0 Å². The van der Waals surface area contributed by atoms with Crippen LogP contribution in [0.3, 0.4) is 0 Å². The fraction of sp³-hybridized carbons (Fsp3) is 0.308. The summed E-state index contributed by atoms with van der Waals surface area (Å²) in [4.78, 5) is 40.6. The Morgan fingerprint density at radius 2 is 1.50 bits per heavy atom. The summed E-state index contributed by atoms with van der Waals surface area (Å²) in [6.45, 7) is 8.69. The number of rotatable bonds is 7. The molecule has 3 N–H and O–H groups in total. The van der Waals surface area contributed by atoms with E-state index in [1.54, 1.807) is 0 Å². The van der Waals surface area contributed by atoms with Crippen LogP contribution in [0.4, 0.5) is 5.69 Å². The molecule has 0 radical (unpaired) electrons. The Hall–Kier alpha value is -4.02. The number of carbonyl (C=O) groups excluding carboxylic acids is 1. The smallest absolute Gasteiger partial charge is 0.328 e. The van der Waals surface area contributed by atoms with Crippen molar-refractivity contribution in [1.82, 2.24) is 14.8 Å². The van der Waals surface area contributed by atoms with Gasteiger partial charge in [0.05, 0.1) is 13.1 Å². The molecule has 2 heterocycles. The van der Waals surface area contributed by atoms with Gasteiger partial charge in [0.25, 0.3) is 0 Å². The Labute approximate surface area is 208 Å². The Morgan fingerprint density at radius 1 is 0.917 bits per heavy atom. The van der Waals surface area contributed by atoms with Gasteiger partial charge < -0.3 is 19.9 Å². The van der Waals surface area contributed by atoms with E-state index in [0.29, 0.717) is 25.2 Å². The molecule has 10 nitrogen and oxygen atoms in total. The summed E-state index contributed by atoms with van der Waals surface area (Å²) in [6, 6.07) is 13.9. The molecule has 0 spiro atoms. The molecule has 10 heteroatoms. The van der Waals surface area contributed by atoms with Crippen molar-refractivity contribution in [2.45, 2.75) is 20.4 Å². The number of aliphatic carboxylic acids is 2. The van der Waals surface area contributed by atoms with Gasteiger partial charge >= 0.3 is 11.9 Å². The van der Waals surface area contributed by atoms with Gasteiger partial charge in [0, 0.05) is 44.0 Å². The summed E-state index contributed by atoms with van der Waals surface area (Å²) >= 11 is 0. The highest BCUT2D eigenvalue weighted by Crippen LogP contribution is 2.20. The SMILES string of the molecule is Cc1cccc(C)c1NC(=O)CN1CCN(Cc2nc3ccccc3o2)CC1.O=C(O)C=CC(=O)O. The molecule has 0 bridgehead atoms. The molecule has 3 aromatic rings. The molecule has 1 fully saturated rings. The lowest BCUT2D eigenvalue weighted by atomic mass is 10.1. The molecular weight excluding hydrogens is 464 g/mol. The van der Waals surface area contributed by atoms with E-state index in [0.717, 1.165) is 60.0 Å². The Bertz CT molecular complexity index is 1170. The highest BCUT2D eigenvalue weighted by atomic mass is 16.4. The van der Waals surface area contributed by atoms with Crippen LogP contribution in [0.25, 0.3) is 11.1 Å². The first-order valence-corrected chi connectivity index (χ1v) is 11.5. The lowest BCUT2D eigenvalue weighted by molar-refractivity contribution is -0.134. The summed E-state index contributed by atoms with van der Waals surface area (Å²) in [7, 11) is 0. The van der Waals surface area contributed by atoms with Crippen molar-refractivity contribution >= 4 is 34.6 Å². The molecule has 0 saturated carbocycles. The van der Waals surface area contributed by atoms with Crippen LogP contribution in [-0.4, -0.2) is 75.6 Å². The maximum Gasteiger partial charge on any atom is 0.328 e. The van der Waals surface area contributed by atoms with E-state index in [2.05, 4.69) is 20.1 Å². The second-order valence-electron chi connectivity index (χ2n) is 8.45. The van der Waals surface area contributed by atoms with Gasteiger partial charge in [0.2, 0.25) is 11.8 Å². The van der Waals surface area contributed by atoms with E-state index < -0.39 is 11.9 Å². The van der Waals surface area contributed by atoms with Gasteiger partial charge in [-0.3, -0.25) is 14.6 Å². The van der Waals surface area contributed by atoms with Crippen molar-refractivity contribution in [2.24, 2.45) is 0 Å². The third-order valence-electron chi connectivity index (χ3n) is 5.64. The summed E-state index contributed by atoms with van der Waals surface area (Å²) in [6.07, 6.45) is 1.12. The molecule has 1 aliphatic heterocycles. The number of amides is 1. The number of benzene rings is 2. The zero-order valence-corrected chi connectivity index (χ0v) is 20.3. The van der Waals surface area contributed by atoms with Crippen LogP contribution in [0.1, 0.15) is 17.0 Å². The van der Waals surface area contributed by atoms with E-state index in [1.807, 2.05) is 56.3 Å². The summed E-state index contributed by atoms with van der Waals surface area (Å²) in [5.41, 5.74) is 4.86. The van der Waals surface area contributed by atoms with Crippen molar-refractivity contribution in [3.8, 4) is 0 Å². The van der Waals surface area contributed by atoms with Crippen LogP contribution in [0.2, 0.25) is 0 Å². The predicted molar refractivity (Wildman–Crippen MR) is 135 cm³/mol. The third kappa shape index (κ3) is 8.03. The minimum absolute atomic E-state index is 0.0461.